The standard InChI is InChI=1S/C8H4N2/c1-2-4-8-7(3-1)5-6-9-10-8/h1,3,5-6H. The molecule has 0 aliphatic rings. The van der Waals surface area contributed by atoms with Gasteiger partial charge in [0, 0.05) is 5.39 Å². The van der Waals surface area contributed by atoms with Gasteiger partial charge in [-0.1, -0.05) is 6.07 Å². The number of rotatable bonds is 0. The summed E-state index contributed by atoms with van der Waals surface area (Å²) in [7, 11) is 0. The van der Waals surface area contributed by atoms with E-state index in [0.29, 0.717) is 0 Å². The van der Waals surface area contributed by atoms with Crippen LogP contribution in [0.1, 0.15) is 0 Å². The van der Waals surface area contributed by atoms with Gasteiger partial charge < -0.3 is 0 Å². The third kappa shape index (κ3) is 0.688. The van der Waals surface area contributed by atoms with Crippen molar-refractivity contribution in [1.29, 1.82) is 0 Å². The Bertz CT molecular complexity index is 278. The first-order valence-electron chi connectivity index (χ1n) is 2.96. The number of fused-ring (bicyclic) bond motifs is 1. The quantitative estimate of drug-likeness (QED) is 0.533. The summed E-state index contributed by atoms with van der Waals surface area (Å²) < 4.78 is 0. The van der Waals surface area contributed by atoms with E-state index in [9.17, 15) is 0 Å². The van der Waals surface area contributed by atoms with Crippen molar-refractivity contribution in [3.63, 3.8) is 0 Å². The molecule has 0 atom stereocenters. The van der Waals surface area contributed by atoms with E-state index in [2.05, 4.69) is 22.3 Å². The van der Waals surface area contributed by atoms with Crippen molar-refractivity contribution in [2.24, 2.45) is 0 Å². The van der Waals surface area contributed by atoms with Gasteiger partial charge in [-0.25, -0.2) is 0 Å². The van der Waals surface area contributed by atoms with Crippen LogP contribution < -0.4 is 0 Å². The molecule has 2 heteroatoms. The molecule has 10 heavy (non-hydrogen) atoms. The molecule has 0 N–H and O–H groups in total. The van der Waals surface area contributed by atoms with Crippen LogP contribution in [0.5, 0.6) is 0 Å². The lowest BCUT2D eigenvalue weighted by Gasteiger charge is -1.86. The van der Waals surface area contributed by atoms with Crippen molar-refractivity contribution >= 4 is 10.9 Å². The summed E-state index contributed by atoms with van der Waals surface area (Å²) in [5.41, 5.74) is 0.769. The smallest absolute Gasteiger partial charge is 0.143 e. The second-order valence-electron chi connectivity index (χ2n) is 1.94. The van der Waals surface area contributed by atoms with Crippen LogP contribution in [0.15, 0.2) is 24.4 Å². The molecule has 2 aromatic rings. The molecule has 0 radical (unpaired) electrons. The van der Waals surface area contributed by atoms with E-state index in [-0.39, 0.29) is 0 Å². The van der Waals surface area contributed by atoms with E-state index in [0.717, 1.165) is 10.9 Å². The fourth-order valence-corrected chi connectivity index (χ4v) is 0.815. The summed E-state index contributed by atoms with van der Waals surface area (Å²) in [4.78, 5) is 0. The summed E-state index contributed by atoms with van der Waals surface area (Å²) in [6.07, 6.45) is 1.66. The van der Waals surface area contributed by atoms with Crippen LogP contribution in [0.2, 0.25) is 0 Å². The van der Waals surface area contributed by atoms with Crippen molar-refractivity contribution in [3.8, 4) is 0 Å². The Morgan fingerprint density at radius 2 is 2.30 bits per heavy atom. The van der Waals surface area contributed by atoms with Gasteiger partial charge in [-0.3, -0.25) is 0 Å². The highest BCUT2D eigenvalue weighted by molar-refractivity contribution is 5.75. The van der Waals surface area contributed by atoms with Crippen LogP contribution in [0.3, 0.4) is 0 Å². The molecule has 0 unspecified atom stereocenters. The molecular formula is C8H4N2. The number of nitrogens with zero attached hydrogens (tertiary/aromatic N) is 2. The van der Waals surface area contributed by atoms with E-state index in [4.69, 9.17) is 0 Å². The van der Waals surface area contributed by atoms with Gasteiger partial charge in [0.05, 0.1) is 6.20 Å². The molecule has 0 saturated carbocycles. The predicted octanol–water partition coefficient (Wildman–Crippen LogP) is 1.23. The Morgan fingerprint density at radius 3 is 3.20 bits per heavy atom. The largest absolute Gasteiger partial charge is 0.158 e. The van der Waals surface area contributed by atoms with E-state index in [1.165, 1.54) is 0 Å². The third-order valence-corrected chi connectivity index (χ3v) is 1.29. The second kappa shape index (κ2) is 1.96. The summed E-state index contributed by atoms with van der Waals surface area (Å²) in [5.74, 6) is 0. The number of aromatic nitrogens is 2. The third-order valence-electron chi connectivity index (χ3n) is 1.29. The summed E-state index contributed by atoms with van der Waals surface area (Å²) in [5, 5.41) is 8.61. The van der Waals surface area contributed by atoms with Crippen molar-refractivity contribution in [2.45, 2.75) is 0 Å². The first-order chi connectivity index (χ1) is 4.97. The maximum Gasteiger partial charge on any atom is 0.143 e. The molecule has 0 saturated heterocycles. The van der Waals surface area contributed by atoms with Gasteiger partial charge in [-0.15, -0.1) is 5.10 Å². The maximum absolute atomic E-state index is 3.84. The average molecular weight is 128 g/mol. The highest BCUT2D eigenvalue weighted by atomic mass is 15.1. The van der Waals surface area contributed by atoms with Gasteiger partial charge in [0.25, 0.3) is 0 Å². The minimum Gasteiger partial charge on any atom is -0.158 e. The van der Waals surface area contributed by atoms with Gasteiger partial charge in [-0.05, 0) is 24.3 Å². The SMILES string of the molecule is c1ccc2ccnnc2c#1. The first kappa shape index (κ1) is 5.19. The van der Waals surface area contributed by atoms with Crippen LogP contribution in [0.25, 0.3) is 10.9 Å². The lowest BCUT2D eigenvalue weighted by molar-refractivity contribution is 1.08. The summed E-state index contributed by atoms with van der Waals surface area (Å²) in [6, 6.07) is 11.3. The Hall–Kier alpha value is -1.62. The molecule has 2 rings (SSSR count). The van der Waals surface area contributed by atoms with Crippen molar-refractivity contribution < 1.29 is 0 Å². The lowest BCUT2D eigenvalue weighted by Crippen LogP contribution is -1.78. The topological polar surface area (TPSA) is 25.8 Å². The minimum atomic E-state index is 0.769. The first-order valence-corrected chi connectivity index (χ1v) is 2.96. The Balaban J connectivity index is 2.89. The van der Waals surface area contributed by atoms with Crippen LogP contribution in [0, 0.1) is 12.1 Å². The fraction of sp³-hybridized carbons (Fsp3) is 0. The zero-order valence-electron chi connectivity index (χ0n) is 5.20. The van der Waals surface area contributed by atoms with E-state index in [1.54, 1.807) is 6.20 Å². The molecule has 0 aliphatic carbocycles. The highest BCUT2D eigenvalue weighted by Crippen LogP contribution is 2.02. The predicted molar refractivity (Wildman–Crippen MR) is 37.2 cm³/mol. The molecule has 0 amide bonds. The average Bonchev–Trinajstić information content (AvgIpc) is 2.05. The maximum atomic E-state index is 3.84. The van der Waals surface area contributed by atoms with Gasteiger partial charge in [-0.2, -0.15) is 5.10 Å². The molecule has 0 spiro atoms. The monoisotopic (exact) mass is 128 g/mol. The molecular weight excluding hydrogens is 124 g/mol. The van der Waals surface area contributed by atoms with Crippen LogP contribution in [-0.4, -0.2) is 10.2 Å². The minimum absolute atomic E-state index is 0.769. The van der Waals surface area contributed by atoms with E-state index >= 15 is 0 Å². The zero-order valence-corrected chi connectivity index (χ0v) is 5.20. The fourth-order valence-electron chi connectivity index (χ4n) is 0.815. The van der Waals surface area contributed by atoms with Gasteiger partial charge in [0.1, 0.15) is 5.52 Å². The van der Waals surface area contributed by atoms with Gasteiger partial charge in [0.2, 0.25) is 0 Å². The van der Waals surface area contributed by atoms with Crippen LogP contribution >= 0.6 is 0 Å². The van der Waals surface area contributed by atoms with Crippen molar-refractivity contribution in [1.82, 2.24) is 10.2 Å². The number of hydrogen-bond acceptors (Lipinski definition) is 2. The summed E-state index contributed by atoms with van der Waals surface area (Å²) in [6.45, 7) is 0. The van der Waals surface area contributed by atoms with Crippen LogP contribution in [-0.2, 0) is 0 Å². The van der Waals surface area contributed by atoms with Gasteiger partial charge in [0.15, 0.2) is 0 Å². The molecule has 46 valence electrons. The van der Waals surface area contributed by atoms with Crippen LogP contribution in [0.4, 0.5) is 0 Å². The molecule has 1 aromatic carbocycles. The lowest BCUT2D eigenvalue weighted by atomic mass is 10.3. The second-order valence-corrected chi connectivity index (χ2v) is 1.94. The van der Waals surface area contributed by atoms with Crippen molar-refractivity contribution in [2.75, 3.05) is 0 Å². The molecule has 2 nitrogen and oxygen atoms in total. The Kier molecular flexibility index (Phi) is 1.02. The molecule has 0 aliphatic heterocycles. The Morgan fingerprint density at radius 1 is 1.30 bits per heavy atom. The zero-order chi connectivity index (χ0) is 6.81. The van der Waals surface area contributed by atoms with E-state index in [1.807, 2.05) is 18.2 Å². The molecule has 1 heterocycles. The van der Waals surface area contributed by atoms with Crippen molar-refractivity contribution in [3.05, 3.63) is 36.5 Å². The molecule has 1 aromatic heterocycles. The Labute approximate surface area is 58.5 Å². The van der Waals surface area contributed by atoms with E-state index < -0.39 is 0 Å². The molecule has 0 fully saturated rings. The number of hydrogen-bond donors (Lipinski definition) is 0. The van der Waals surface area contributed by atoms with Gasteiger partial charge >= 0.3 is 0 Å². The summed E-state index contributed by atoms with van der Waals surface area (Å²) >= 11 is 0. The normalized spacial score (nSPS) is 9.20. The highest BCUT2D eigenvalue weighted by Gasteiger charge is 1.86. The molecule has 0 bridgehead atoms.